The summed E-state index contributed by atoms with van der Waals surface area (Å²) in [6.07, 6.45) is 0.603. The van der Waals surface area contributed by atoms with E-state index in [0.29, 0.717) is 17.2 Å². The molecule has 3 rings (SSSR count). The van der Waals surface area contributed by atoms with Crippen LogP contribution >= 0.6 is 11.6 Å². The Morgan fingerprint density at radius 1 is 1.22 bits per heavy atom. The van der Waals surface area contributed by atoms with Crippen LogP contribution in [-0.2, 0) is 24.2 Å². The van der Waals surface area contributed by atoms with Gasteiger partial charge in [0, 0.05) is 17.9 Å². The number of ether oxygens (including phenoxy) is 2. The lowest BCUT2D eigenvalue weighted by molar-refractivity contribution is -0.137. The van der Waals surface area contributed by atoms with Crippen molar-refractivity contribution in [1.82, 2.24) is 5.01 Å². The Labute approximate surface area is 162 Å². The summed E-state index contributed by atoms with van der Waals surface area (Å²) >= 11 is 5.79. The molecule has 146 valence electrons. The molecule has 0 aliphatic carbocycles. The van der Waals surface area contributed by atoms with Crippen LogP contribution in [0.15, 0.2) is 29.4 Å². The molecule has 2 aliphatic heterocycles. The second kappa shape index (κ2) is 8.26. The van der Waals surface area contributed by atoms with Gasteiger partial charge in [0.1, 0.15) is 24.7 Å². The first kappa shape index (κ1) is 19.6. The van der Waals surface area contributed by atoms with Crippen molar-refractivity contribution in [3.05, 3.63) is 29.3 Å². The van der Waals surface area contributed by atoms with Gasteiger partial charge >= 0.3 is 5.97 Å². The SMILES string of the molecule is O=C(OCCOc1ccc(Cl)cc1)C1=NN([C@H]2CCS(=O)(=O)C2)C(=O)CC1. The van der Waals surface area contributed by atoms with E-state index in [1.165, 1.54) is 0 Å². The van der Waals surface area contributed by atoms with Crippen molar-refractivity contribution in [3.8, 4) is 5.75 Å². The van der Waals surface area contributed by atoms with Gasteiger partial charge in [-0.3, -0.25) is 4.79 Å². The van der Waals surface area contributed by atoms with Crippen molar-refractivity contribution in [2.24, 2.45) is 5.10 Å². The number of esters is 1. The van der Waals surface area contributed by atoms with Crippen LogP contribution in [-0.4, -0.2) is 61.8 Å². The number of hydrogen-bond acceptors (Lipinski definition) is 7. The number of halogens is 1. The second-order valence-electron chi connectivity index (χ2n) is 6.28. The van der Waals surface area contributed by atoms with Crippen molar-refractivity contribution in [3.63, 3.8) is 0 Å². The third kappa shape index (κ3) is 5.20. The molecule has 1 atom stereocenters. The van der Waals surface area contributed by atoms with E-state index in [1.807, 2.05) is 0 Å². The van der Waals surface area contributed by atoms with Gasteiger partial charge in [-0.2, -0.15) is 5.10 Å². The van der Waals surface area contributed by atoms with Gasteiger partial charge in [-0.05, 0) is 30.7 Å². The Balaban J connectivity index is 1.52. The molecule has 10 heteroatoms. The minimum atomic E-state index is -3.16. The zero-order chi connectivity index (χ0) is 19.4. The molecule has 1 fully saturated rings. The van der Waals surface area contributed by atoms with Crippen LogP contribution in [0.3, 0.4) is 0 Å². The lowest BCUT2D eigenvalue weighted by Crippen LogP contribution is -2.42. The number of amides is 1. The maximum atomic E-state index is 12.2. The van der Waals surface area contributed by atoms with E-state index in [1.54, 1.807) is 24.3 Å². The normalized spacial score (nSPS) is 21.7. The molecule has 1 aromatic carbocycles. The molecule has 0 N–H and O–H groups in total. The number of nitrogens with zero attached hydrogens (tertiary/aromatic N) is 2. The Bertz CT molecular complexity index is 853. The average molecular weight is 415 g/mol. The molecule has 2 aliphatic rings. The molecule has 1 aromatic rings. The summed E-state index contributed by atoms with van der Waals surface area (Å²) in [4.78, 5) is 24.2. The fourth-order valence-electron chi connectivity index (χ4n) is 2.88. The number of hydrogen-bond donors (Lipinski definition) is 0. The number of carbonyl (C=O) groups is 2. The van der Waals surface area contributed by atoms with Gasteiger partial charge in [-0.25, -0.2) is 18.2 Å². The Morgan fingerprint density at radius 3 is 2.63 bits per heavy atom. The van der Waals surface area contributed by atoms with Crippen LogP contribution in [0.5, 0.6) is 5.75 Å². The monoisotopic (exact) mass is 414 g/mol. The van der Waals surface area contributed by atoms with Crippen molar-refractivity contribution in [2.75, 3.05) is 24.7 Å². The highest BCUT2D eigenvalue weighted by Gasteiger charge is 2.37. The van der Waals surface area contributed by atoms with Crippen LogP contribution < -0.4 is 4.74 Å². The molecule has 2 heterocycles. The largest absolute Gasteiger partial charge is 0.490 e. The summed E-state index contributed by atoms with van der Waals surface area (Å²) < 4.78 is 33.8. The van der Waals surface area contributed by atoms with Crippen LogP contribution in [0, 0.1) is 0 Å². The third-order valence-corrected chi connectivity index (χ3v) is 6.25. The highest BCUT2D eigenvalue weighted by molar-refractivity contribution is 7.91. The standard InChI is InChI=1S/C17H19ClN2O6S/c18-12-1-3-14(4-2-12)25-8-9-26-17(22)15-5-6-16(21)20(19-15)13-7-10-27(23,24)11-13/h1-4,13H,5-11H2/t13-/m0/s1. The molecule has 0 spiro atoms. The van der Waals surface area contributed by atoms with E-state index in [4.69, 9.17) is 21.1 Å². The molecule has 0 unspecified atom stereocenters. The Kier molecular flexibility index (Phi) is 6.01. The number of benzene rings is 1. The zero-order valence-corrected chi connectivity index (χ0v) is 16.0. The predicted molar refractivity (Wildman–Crippen MR) is 98.5 cm³/mol. The van der Waals surface area contributed by atoms with Gasteiger partial charge < -0.3 is 9.47 Å². The van der Waals surface area contributed by atoms with E-state index in [-0.39, 0.29) is 49.2 Å². The maximum absolute atomic E-state index is 12.2. The molecule has 27 heavy (non-hydrogen) atoms. The van der Waals surface area contributed by atoms with Crippen molar-refractivity contribution < 1.29 is 27.5 Å². The first-order valence-corrected chi connectivity index (χ1v) is 10.7. The summed E-state index contributed by atoms with van der Waals surface area (Å²) in [6.45, 7) is 0.177. The Hall–Kier alpha value is -2.13. The summed E-state index contributed by atoms with van der Waals surface area (Å²) in [5, 5.41) is 5.79. The first-order valence-electron chi connectivity index (χ1n) is 8.49. The van der Waals surface area contributed by atoms with Crippen molar-refractivity contribution in [2.45, 2.75) is 25.3 Å². The van der Waals surface area contributed by atoms with E-state index < -0.39 is 21.8 Å². The van der Waals surface area contributed by atoms with Crippen molar-refractivity contribution in [1.29, 1.82) is 0 Å². The van der Waals surface area contributed by atoms with Crippen LogP contribution in [0.1, 0.15) is 19.3 Å². The lowest BCUT2D eigenvalue weighted by atomic mass is 10.1. The number of carbonyl (C=O) groups excluding carboxylic acids is 2. The molecule has 0 saturated carbocycles. The molecule has 1 saturated heterocycles. The average Bonchev–Trinajstić information content (AvgIpc) is 3.00. The fourth-order valence-corrected chi connectivity index (χ4v) is 4.70. The zero-order valence-electron chi connectivity index (χ0n) is 14.5. The number of hydrazone groups is 1. The lowest BCUT2D eigenvalue weighted by Gasteiger charge is -2.27. The molecule has 0 radical (unpaired) electrons. The molecule has 1 amide bonds. The quantitative estimate of drug-likeness (QED) is 0.515. The first-order chi connectivity index (χ1) is 12.8. The summed E-state index contributed by atoms with van der Waals surface area (Å²) in [5.41, 5.74) is 0.116. The molecular weight excluding hydrogens is 396 g/mol. The minimum absolute atomic E-state index is 0.0201. The topological polar surface area (TPSA) is 102 Å². The van der Waals surface area contributed by atoms with E-state index in [0.717, 1.165) is 5.01 Å². The van der Waals surface area contributed by atoms with E-state index in [2.05, 4.69) is 5.10 Å². The fraction of sp³-hybridized carbons (Fsp3) is 0.471. The van der Waals surface area contributed by atoms with Gasteiger partial charge in [-0.15, -0.1) is 0 Å². The van der Waals surface area contributed by atoms with Gasteiger partial charge in [0.2, 0.25) is 5.91 Å². The van der Waals surface area contributed by atoms with Gasteiger partial charge in [0.05, 0.1) is 17.5 Å². The number of sulfone groups is 1. The van der Waals surface area contributed by atoms with Crippen molar-refractivity contribution >= 4 is 39.0 Å². The highest BCUT2D eigenvalue weighted by atomic mass is 35.5. The number of rotatable bonds is 6. The summed E-state index contributed by atoms with van der Waals surface area (Å²) in [7, 11) is -3.16. The smallest absolute Gasteiger partial charge is 0.354 e. The Morgan fingerprint density at radius 2 is 1.96 bits per heavy atom. The third-order valence-electron chi connectivity index (χ3n) is 4.25. The van der Waals surface area contributed by atoms with E-state index in [9.17, 15) is 18.0 Å². The minimum Gasteiger partial charge on any atom is -0.490 e. The van der Waals surface area contributed by atoms with Gasteiger partial charge in [0.15, 0.2) is 9.84 Å². The van der Waals surface area contributed by atoms with Crippen LogP contribution in [0.4, 0.5) is 0 Å². The second-order valence-corrected chi connectivity index (χ2v) is 8.95. The van der Waals surface area contributed by atoms with Crippen LogP contribution in [0.25, 0.3) is 0 Å². The summed E-state index contributed by atoms with van der Waals surface area (Å²) in [6, 6.07) is 6.27. The highest BCUT2D eigenvalue weighted by Crippen LogP contribution is 2.22. The molecule has 0 aromatic heterocycles. The molecular formula is C17H19ClN2O6S. The predicted octanol–water partition coefficient (Wildman–Crippen LogP) is 1.43. The maximum Gasteiger partial charge on any atom is 0.354 e. The van der Waals surface area contributed by atoms with Gasteiger partial charge in [-0.1, -0.05) is 11.6 Å². The molecule has 0 bridgehead atoms. The molecule has 8 nitrogen and oxygen atoms in total. The van der Waals surface area contributed by atoms with Crippen LogP contribution in [0.2, 0.25) is 5.02 Å². The summed E-state index contributed by atoms with van der Waals surface area (Å²) in [5.74, 6) is -0.407. The van der Waals surface area contributed by atoms with E-state index >= 15 is 0 Å². The van der Waals surface area contributed by atoms with Gasteiger partial charge in [0.25, 0.3) is 0 Å².